The van der Waals surface area contributed by atoms with Crippen molar-refractivity contribution in [2.24, 2.45) is 5.92 Å². The van der Waals surface area contributed by atoms with E-state index >= 15 is 0 Å². The van der Waals surface area contributed by atoms with E-state index in [4.69, 9.17) is 14.8 Å². The topological polar surface area (TPSA) is 120 Å². The second-order valence-corrected chi connectivity index (χ2v) is 6.38. The van der Waals surface area contributed by atoms with Crippen LogP contribution in [0, 0.1) is 17.2 Å². The Morgan fingerprint density at radius 3 is 2.50 bits per heavy atom. The van der Waals surface area contributed by atoms with Gasteiger partial charge in [0, 0.05) is 6.04 Å². The maximum atomic E-state index is 12.0. The number of nitrogens with one attached hydrogen (secondary N) is 1. The minimum Gasteiger partial charge on any atom is -0.481 e. The van der Waals surface area contributed by atoms with Crippen LogP contribution in [0.1, 0.15) is 31.4 Å². The second kappa shape index (κ2) is 5.64. The first kappa shape index (κ1) is 14.6. The van der Waals surface area contributed by atoms with Gasteiger partial charge in [0.15, 0.2) is 0 Å². The van der Waals surface area contributed by atoms with Crippen molar-refractivity contribution in [3.05, 3.63) is 17.9 Å². The summed E-state index contributed by atoms with van der Waals surface area (Å²) in [5.74, 6) is -1.31. The van der Waals surface area contributed by atoms with E-state index in [-0.39, 0.29) is 16.9 Å². The molecule has 0 saturated heterocycles. The van der Waals surface area contributed by atoms with E-state index in [9.17, 15) is 13.2 Å². The largest absolute Gasteiger partial charge is 0.481 e. The fourth-order valence-electron chi connectivity index (χ4n) is 2.26. The van der Waals surface area contributed by atoms with Crippen LogP contribution in [0.2, 0.25) is 0 Å². The van der Waals surface area contributed by atoms with Crippen LogP contribution < -0.4 is 4.72 Å². The molecule has 2 N–H and O–H groups in total. The molecule has 0 bridgehead atoms. The van der Waals surface area contributed by atoms with Gasteiger partial charge < -0.3 is 9.52 Å². The standard InChI is InChI=1S/C12H14N2O5S/c13-7-10-5-6-11(19-10)20(17,18)14-9-3-1-8(2-4-9)12(15)16/h5-6,8-9,14H,1-4H2,(H,15,16). The van der Waals surface area contributed by atoms with Crippen molar-refractivity contribution >= 4 is 16.0 Å². The van der Waals surface area contributed by atoms with Crippen molar-refractivity contribution < 1.29 is 22.7 Å². The fraction of sp³-hybridized carbons (Fsp3) is 0.500. The highest BCUT2D eigenvalue weighted by Crippen LogP contribution is 2.25. The average molecular weight is 298 g/mol. The number of carboxylic acids is 1. The van der Waals surface area contributed by atoms with Gasteiger partial charge in [-0.15, -0.1) is 0 Å². The summed E-state index contributed by atoms with van der Waals surface area (Å²) in [5.41, 5.74) is 0. The summed E-state index contributed by atoms with van der Waals surface area (Å²) < 4.78 is 31.4. The van der Waals surface area contributed by atoms with Crippen molar-refractivity contribution in [2.75, 3.05) is 0 Å². The van der Waals surface area contributed by atoms with Gasteiger partial charge in [0.1, 0.15) is 6.07 Å². The Morgan fingerprint density at radius 2 is 2.00 bits per heavy atom. The van der Waals surface area contributed by atoms with Gasteiger partial charge in [-0.25, -0.2) is 13.1 Å². The number of sulfonamides is 1. The van der Waals surface area contributed by atoms with Crippen molar-refractivity contribution in [2.45, 2.75) is 36.8 Å². The first-order chi connectivity index (χ1) is 9.42. The van der Waals surface area contributed by atoms with Gasteiger partial charge in [0.05, 0.1) is 5.92 Å². The van der Waals surface area contributed by atoms with E-state index in [2.05, 4.69) is 4.72 Å². The summed E-state index contributed by atoms with van der Waals surface area (Å²) in [7, 11) is -3.80. The molecule has 8 heteroatoms. The smallest absolute Gasteiger partial charge is 0.306 e. The first-order valence-electron chi connectivity index (χ1n) is 6.17. The van der Waals surface area contributed by atoms with Gasteiger partial charge in [-0.3, -0.25) is 4.79 Å². The van der Waals surface area contributed by atoms with E-state index in [1.807, 2.05) is 0 Å². The summed E-state index contributed by atoms with van der Waals surface area (Å²) in [6.45, 7) is 0. The number of furan rings is 1. The van der Waals surface area contributed by atoms with Crippen molar-refractivity contribution in [3.63, 3.8) is 0 Å². The third-order valence-corrected chi connectivity index (χ3v) is 4.75. The molecule has 1 saturated carbocycles. The van der Waals surface area contributed by atoms with Crippen LogP contribution >= 0.6 is 0 Å². The summed E-state index contributed by atoms with van der Waals surface area (Å²) in [4.78, 5) is 10.8. The molecule has 1 aromatic heterocycles. The Hall–Kier alpha value is -1.85. The van der Waals surface area contributed by atoms with Crippen LogP contribution in [0.4, 0.5) is 0 Å². The quantitative estimate of drug-likeness (QED) is 0.857. The van der Waals surface area contributed by atoms with Crippen molar-refractivity contribution in [3.8, 4) is 6.07 Å². The predicted molar refractivity (Wildman–Crippen MR) is 67.1 cm³/mol. The molecule has 0 unspecified atom stereocenters. The summed E-state index contributed by atoms with van der Waals surface area (Å²) in [6, 6.07) is 3.93. The number of nitrogens with zero attached hydrogens (tertiary/aromatic N) is 1. The Kier molecular flexibility index (Phi) is 4.11. The van der Waals surface area contributed by atoms with E-state index in [1.165, 1.54) is 12.1 Å². The van der Waals surface area contributed by atoms with Gasteiger partial charge in [0.2, 0.25) is 10.9 Å². The molecule has 20 heavy (non-hydrogen) atoms. The lowest BCUT2D eigenvalue weighted by atomic mass is 9.87. The molecule has 1 aliphatic carbocycles. The average Bonchev–Trinajstić information content (AvgIpc) is 2.88. The van der Waals surface area contributed by atoms with Crippen LogP contribution in [0.15, 0.2) is 21.6 Å². The van der Waals surface area contributed by atoms with E-state index in [1.54, 1.807) is 6.07 Å². The normalized spacial score (nSPS) is 23.1. The lowest BCUT2D eigenvalue weighted by Gasteiger charge is -2.26. The van der Waals surface area contributed by atoms with Gasteiger partial charge in [-0.05, 0) is 37.8 Å². The summed E-state index contributed by atoms with van der Waals surface area (Å²) >= 11 is 0. The maximum absolute atomic E-state index is 12.0. The van der Waals surface area contributed by atoms with Crippen LogP contribution in [0.25, 0.3) is 0 Å². The molecular formula is C12H14N2O5S. The van der Waals surface area contributed by atoms with Crippen LogP contribution in [0.5, 0.6) is 0 Å². The van der Waals surface area contributed by atoms with Gasteiger partial charge >= 0.3 is 5.97 Å². The third kappa shape index (κ3) is 3.18. The van der Waals surface area contributed by atoms with Crippen LogP contribution in [-0.4, -0.2) is 25.5 Å². The number of aliphatic carboxylic acids is 1. The molecule has 7 nitrogen and oxygen atoms in total. The van der Waals surface area contributed by atoms with E-state index in [0.717, 1.165) is 0 Å². The van der Waals surface area contributed by atoms with Crippen LogP contribution in [-0.2, 0) is 14.8 Å². The first-order valence-corrected chi connectivity index (χ1v) is 7.66. The lowest BCUT2D eigenvalue weighted by molar-refractivity contribution is -0.142. The summed E-state index contributed by atoms with van der Waals surface area (Å²) in [6.07, 6.45) is 1.85. The highest BCUT2D eigenvalue weighted by atomic mass is 32.2. The Labute approximate surface area is 116 Å². The molecule has 1 heterocycles. The minimum absolute atomic E-state index is 0.0695. The van der Waals surface area contributed by atoms with Crippen molar-refractivity contribution in [1.82, 2.24) is 4.72 Å². The van der Waals surface area contributed by atoms with Gasteiger partial charge in [0.25, 0.3) is 10.0 Å². The number of rotatable bonds is 4. The molecule has 0 atom stereocenters. The van der Waals surface area contributed by atoms with E-state index in [0.29, 0.717) is 25.7 Å². The number of carboxylic acid groups (broad SMARTS) is 1. The molecular weight excluding hydrogens is 284 g/mol. The number of hydrogen-bond donors (Lipinski definition) is 2. The Bertz CT molecular complexity index is 635. The lowest BCUT2D eigenvalue weighted by Crippen LogP contribution is -2.38. The third-order valence-electron chi connectivity index (χ3n) is 3.35. The number of nitriles is 1. The SMILES string of the molecule is N#Cc1ccc(S(=O)(=O)NC2CCC(C(=O)O)CC2)o1. The monoisotopic (exact) mass is 298 g/mol. The molecule has 0 aromatic carbocycles. The highest BCUT2D eigenvalue weighted by Gasteiger charge is 2.29. The Morgan fingerprint density at radius 1 is 1.35 bits per heavy atom. The molecule has 1 aromatic rings. The van der Waals surface area contributed by atoms with Gasteiger partial charge in [-0.2, -0.15) is 5.26 Å². The maximum Gasteiger partial charge on any atom is 0.306 e. The second-order valence-electron chi connectivity index (χ2n) is 4.74. The zero-order valence-electron chi connectivity index (χ0n) is 10.6. The zero-order chi connectivity index (χ0) is 14.8. The van der Waals surface area contributed by atoms with Gasteiger partial charge in [-0.1, -0.05) is 0 Å². The zero-order valence-corrected chi connectivity index (χ0v) is 11.4. The highest BCUT2D eigenvalue weighted by molar-refractivity contribution is 7.89. The van der Waals surface area contributed by atoms with E-state index < -0.39 is 21.9 Å². The Balaban J connectivity index is 2.00. The molecule has 1 fully saturated rings. The van der Waals surface area contributed by atoms with Crippen LogP contribution in [0.3, 0.4) is 0 Å². The fourth-order valence-corrected chi connectivity index (χ4v) is 3.50. The molecule has 0 amide bonds. The van der Waals surface area contributed by atoms with Crippen molar-refractivity contribution in [1.29, 1.82) is 5.26 Å². The number of hydrogen-bond acceptors (Lipinski definition) is 5. The minimum atomic E-state index is -3.80. The molecule has 0 radical (unpaired) electrons. The molecule has 1 aliphatic rings. The predicted octanol–water partition coefficient (Wildman–Crippen LogP) is 1.07. The molecule has 0 aliphatic heterocycles. The molecule has 2 rings (SSSR count). The number of carbonyl (C=O) groups is 1. The summed E-state index contributed by atoms with van der Waals surface area (Å²) in [5, 5.41) is 17.2. The molecule has 0 spiro atoms. The molecule has 108 valence electrons.